The molecule has 30 heavy (non-hydrogen) atoms. The van der Waals surface area contributed by atoms with E-state index in [4.69, 9.17) is 25.8 Å². The van der Waals surface area contributed by atoms with E-state index in [0.29, 0.717) is 49.4 Å². The van der Waals surface area contributed by atoms with Crippen LogP contribution in [0.2, 0.25) is 5.02 Å². The molecule has 9 heteroatoms. The van der Waals surface area contributed by atoms with E-state index < -0.39 is 0 Å². The summed E-state index contributed by atoms with van der Waals surface area (Å²) in [4.78, 5) is 21.0. The summed E-state index contributed by atoms with van der Waals surface area (Å²) in [6, 6.07) is 3.78. The maximum atomic E-state index is 12.5. The number of nitrogens with zero attached hydrogens (tertiary/aromatic N) is 3. The van der Waals surface area contributed by atoms with Crippen molar-refractivity contribution in [3.8, 4) is 11.5 Å². The molecule has 8 nitrogen and oxygen atoms in total. The van der Waals surface area contributed by atoms with Gasteiger partial charge in [0.2, 0.25) is 0 Å². The molecule has 1 aromatic rings. The lowest BCUT2D eigenvalue weighted by atomic mass is 10.2. The minimum Gasteiger partial charge on any atom is -0.493 e. The second-order valence-corrected chi connectivity index (χ2v) is 7.66. The average molecular weight is 439 g/mol. The Hall–Kier alpha value is -2.19. The molecule has 2 aliphatic rings. The standard InChI is InChI=1S/C21H31ClN4O4/c1-4-29-19-16(22)12-15(13-18(19)28-3)14-24-21(23-2)26-9-7-25(8-10-26)20(27)17-6-5-11-30-17/h12-13,17H,4-11,14H2,1-3H3,(H,23,24). The third-order valence-corrected chi connectivity index (χ3v) is 5.62. The fourth-order valence-electron chi connectivity index (χ4n) is 3.79. The van der Waals surface area contributed by atoms with E-state index in [1.807, 2.05) is 24.0 Å². The van der Waals surface area contributed by atoms with E-state index in [1.165, 1.54) is 0 Å². The highest BCUT2D eigenvalue weighted by Crippen LogP contribution is 2.36. The fourth-order valence-corrected chi connectivity index (χ4v) is 4.08. The number of aliphatic imine (C=N–C) groups is 1. The number of amides is 1. The lowest BCUT2D eigenvalue weighted by Crippen LogP contribution is -2.55. The van der Waals surface area contributed by atoms with Gasteiger partial charge >= 0.3 is 0 Å². The number of benzene rings is 1. The van der Waals surface area contributed by atoms with Crippen LogP contribution in [0.5, 0.6) is 11.5 Å². The van der Waals surface area contributed by atoms with Gasteiger partial charge in [-0.1, -0.05) is 11.6 Å². The average Bonchev–Trinajstić information content (AvgIpc) is 3.30. The zero-order valence-electron chi connectivity index (χ0n) is 17.9. The molecule has 166 valence electrons. The van der Waals surface area contributed by atoms with Gasteiger partial charge in [-0.05, 0) is 37.5 Å². The second-order valence-electron chi connectivity index (χ2n) is 7.26. The molecule has 1 atom stereocenters. The van der Waals surface area contributed by atoms with Crippen LogP contribution in [0.1, 0.15) is 25.3 Å². The Bertz CT molecular complexity index is 760. The summed E-state index contributed by atoms with van der Waals surface area (Å²) in [7, 11) is 3.36. The van der Waals surface area contributed by atoms with Crippen molar-refractivity contribution in [2.45, 2.75) is 32.4 Å². The Morgan fingerprint density at radius 2 is 2.03 bits per heavy atom. The van der Waals surface area contributed by atoms with Crippen LogP contribution in [0, 0.1) is 0 Å². The first kappa shape index (κ1) is 22.5. The predicted molar refractivity (Wildman–Crippen MR) is 116 cm³/mol. The number of guanidine groups is 1. The van der Waals surface area contributed by atoms with Gasteiger partial charge in [0.15, 0.2) is 17.5 Å². The summed E-state index contributed by atoms with van der Waals surface area (Å²) in [5, 5.41) is 3.90. The predicted octanol–water partition coefficient (Wildman–Crippen LogP) is 2.15. The van der Waals surface area contributed by atoms with E-state index in [1.54, 1.807) is 14.2 Å². The molecule has 1 amide bonds. The summed E-state index contributed by atoms with van der Waals surface area (Å²) in [6.07, 6.45) is 1.54. The van der Waals surface area contributed by atoms with Crippen molar-refractivity contribution in [1.29, 1.82) is 0 Å². The van der Waals surface area contributed by atoms with Gasteiger partial charge in [0.25, 0.3) is 5.91 Å². The van der Waals surface area contributed by atoms with Gasteiger partial charge < -0.3 is 29.3 Å². The molecule has 2 heterocycles. The topological polar surface area (TPSA) is 75.6 Å². The molecule has 1 N–H and O–H groups in total. The highest BCUT2D eigenvalue weighted by Gasteiger charge is 2.30. The third-order valence-electron chi connectivity index (χ3n) is 5.34. The van der Waals surface area contributed by atoms with E-state index in [-0.39, 0.29) is 12.0 Å². The van der Waals surface area contributed by atoms with Gasteiger partial charge in [-0.25, -0.2) is 0 Å². The summed E-state index contributed by atoms with van der Waals surface area (Å²) in [6.45, 7) is 6.45. The quantitative estimate of drug-likeness (QED) is 0.541. The number of rotatable bonds is 6. The van der Waals surface area contributed by atoms with Crippen LogP contribution in [0.4, 0.5) is 0 Å². The normalized spacial score (nSPS) is 19.7. The van der Waals surface area contributed by atoms with Crippen LogP contribution in [0.25, 0.3) is 0 Å². The summed E-state index contributed by atoms with van der Waals surface area (Å²) in [5.41, 5.74) is 0.966. The maximum Gasteiger partial charge on any atom is 0.251 e. The molecule has 2 saturated heterocycles. The van der Waals surface area contributed by atoms with E-state index in [2.05, 4.69) is 15.2 Å². The monoisotopic (exact) mass is 438 g/mol. The first-order valence-electron chi connectivity index (χ1n) is 10.4. The number of hydrogen-bond donors (Lipinski definition) is 1. The van der Waals surface area contributed by atoms with Gasteiger partial charge in [0.05, 0.1) is 18.7 Å². The maximum absolute atomic E-state index is 12.5. The Morgan fingerprint density at radius 1 is 1.30 bits per heavy atom. The van der Waals surface area contributed by atoms with Gasteiger partial charge in [-0.2, -0.15) is 0 Å². The molecule has 0 aliphatic carbocycles. The largest absolute Gasteiger partial charge is 0.493 e. The highest BCUT2D eigenvalue weighted by atomic mass is 35.5. The minimum atomic E-state index is -0.256. The Labute approximate surface area is 183 Å². The first-order chi connectivity index (χ1) is 14.6. The molecule has 2 aliphatic heterocycles. The first-order valence-corrected chi connectivity index (χ1v) is 10.8. The molecule has 0 saturated carbocycles. The van der Waals surface area contributed by atoms with Crippen LogP contribution in [0.15, 0.2) is 17.1 Å². The van der Waals surface area contributed by atoms with Crippen molar-refractivity contribution in [2.24, 2.45) is 4.99 Å². The van der Waals surface area contributed by atoms with Crippen molar-refractivity contribution >= 4 is 23.5 Å². The highest BCUT2D eigenvalue weighted by molar-refractivity contribution is 6.32. The van der Waals surface area contributed by atoms with Gasteiger partial charge in [0, 0.05) is 46.4 Å². The SMILES string of the molecule is CCOc1c(Cl)cc(CNC(=NC)N2CCN(C(=O)C3CCCO3)CC2)cc1OC. The molecular formula is C21H31ClN4O4. The third kappa shape index (κ3) is 5.29. The summed E-state index contributed by atoms with van der Waals surface area (Å²) in [5.74, 6) is 2.08. The van der Waals surface area contributed by atoms with Crippen LogP contribution in [-0.4, -0.2) is 81.3 Å². The van der Waals surface area contributed by atoms with Crippen LogP contribution in [-0.2, 0) is 16.1 Å². The molecule has 1 aromatic carbocycles. The lowest BCUT2D eigenvalue weighted by molar-refractivity contribution is -0.142. The van der Waals surface area contributed by atoms with Gasteiger partial charge in [0.1, 0.15) is 6.10 Å². The number of hydrogen-bond acceptors (Lipinski definition) is 5. The van der Waals surface area contributed by atoms with E-state index in [0.717, 1.165) is 37.5 Å². The van der Waals surface area contributed by atoms with Crippen LogP contribution >= 0.6 is 11.6 Å². The fraction of sp³-hybridized carbons (Fsp3) is 0.619. The Kier molecular flexibility index (Phi) is 8.04. The van der Waals surface area contributed by atoms with Gasteiger partial charge in [-0.15, -0.1) is 0 Å². The number of halogens is 1. The van der Waals surface area contributed by atoms with Crippen molar-refractivity contribution in [2.75, 3.05) is 53.6 Å². The number of carbonyl (C=O) groups is 1. The molecule has 3 rings (SSSR count). The summed E-state index contributed by atoms with van der Waals surface area (Å²) >= 11 is 6.37. The molecular weight excluding hydrogens is 408 g/mol. The smallest absolute Gasteiger partial charge is 0.251 e. The summed E-state index contributed by atoms with van der Waals surface area (Å²) < 4.78 is 16.5. The molecule has 0 radical (unpaired) electrons. The van der Waals surface area contributed by atoms with E-state index >= 15 is 0 Å². The number of carbonyl (C=O) groups excluding carboxylic acids is 1. The van der Waals surface area contributed by atoms with Crippen LogP contribution < -0.4 is 14.8 Å². The van der Waals surface area contributed by atoms with Crippen molar-refractivity contribution < 1.29 is 19.0 Å². The lowest BCUT2D eigenvalue weighted by Gasteiger charge is -2.37. The zero-order valence-corrected chi connectivity index (χ0v) is 18.7. The zero-order chi connectivity index (χ0) is 21.5. The molecule has 0 spiro atoms. The van der Waals surface area contributed by atoms with Crippen molar-refractivity contribution in [3.05, 3.63) is 22.7 Å². The van der Waals surface area contributed by atoms with E-state index in [9.17, 15) is 4.79 Å². The number of ether oxygens (including phenoxy) is 3. The molecule has 0 aromatic heterocycles. The molecule has 2 fully saturated rings. The number of methoxy groups -OCH3 is 1. The minimum absolute atomic E-state index is 0.117. The molecule has 0 bridgehead atoms. The number of nitrogens with one attached hydrogen (secondary N) is 1. The van der Waals surface area contributed by atoms with Crippen LogP contribution in [0.3, 0.4) is 0 Å². The Morgan fingerprint density at radius 3 is 2.63 bits per heavy atom. The Balaban J connectivity index is 1.55. The van der Waals surface area contributed by atoms with Crippen molar-refractivity contribution in [1.82, 2.24) is 15.1 Å². The second kappa shape index (κ2) is 10.7. The molecule has 1 unspecified atom stereocenters. The van der Waals surface area contributed by atoms with Crippen molar-refractivity contribution in [3.63, 3.8) is 0 Å². The number of piperazine rings is 1. The van der Waals surface area contributed by atoms with Gasteiger partial charge in [-0.3, -0.25) is 9.79 Å².